The molecule has 292 valence electrons. The van der Waals surface area contributed by atoms with Crippen LogP contribution in [0, 0.1) is 11.6 Å². The van der Waals surface area contributed by atoms with Gasteiger partial charge in [-0.1, -0.05) is 6.08 Å². The van der Waals surface area contributed by atoms with Gasteiger partial charge in [0, 0.05) is 55.8 Å². The molecule has 5 rings (SSSR count). The van der Waals surface area contributed by atoms with E-state index in [9.17, 15) is 31.9 Å². The predicted octanol–water partition coefficient (Wildman–Crippen LogP) is 5.81. The van der Waals surface area contributed by atoms with Gasteiger partial charge in [-0.15, -0.1) is 0 Å². The number of nitrogens with zero attached hydrogens (tertiary/aromatic N) is 6. The highest BCUT2D eigenvalue weighted by atomic mass is 19.4. The molecule has 3 amide bonds. The summed E-state index contributed by atoms with van der Waals surface area (Å²) < 4.78 is 76.7. The first kappa shape index (κ1) is 40.3. The van der Waals surface area contributed by atoms with Gasteiger partial charge in [0.2, 0.25) is 23.6 Å². The van der Waals surface area contributed by atoms with Gasteiger partial charge in [-0.2, -0.15) is 23.3 Å². The van der Waals surface area contributed by atoms with Crippen LogP contribution in [-0.4, -0.2) is 93.1 Å². The van der Waals surface area contributed by atoms with Crippen LogP contribution in [0.2, 0.25) is 0 Å². The maximum atomic E-state index is 15.1. The molecule has 0 spiro atoms. The second kappa shape index (κ2) is 17.5. The zero-order chi connectivity index (χ0) is 39.9. The SMILES string of the molecule is C[C@@H](C(=O)NC1CCCC(Nc2nccc(Oc3ccc(NC(=O)c4cnn(-c5ccc(F)cc5)c4C(F)(F)F)cc3F)n2)C1)N(C)C(=O)/C=C/CN(C)C. The highest BCUT2D eigenvalue weighted by Gasteiger charge is 2.40. The fourth-order valence-electron chi connectivity index (χ4n) is 5.81. The average Bonchev–Trinajstić information content (AvgIpc) is 3.59. The van der Waals surface area contributed by atoms with Crippen molar-refractivity contribution in [3.63, 3.8) is 0 Å². The van der Waals surface area contributed by atoms with Crippen LogP contribution in [0.4, 0.5) is 33.6 Å². The number of benzene rings is 2. The average molecular weight is 770 g/mol. The lowest BCUT2D eigenvalue weighted by atomic mass is 9.91. The molecule has 18 heteroatoms. The van der Waals surface area contributed by atoms with Crippen LogP contribution in [0.1, 0.15) is 48.7 Å². The molecule has 0 aliphatic heterocycles. The Labute approximate surface area is 313 Å². The van der Waals surface area contributed by atoms with Crippen LogP contribution in [0.15, 0.2) is 73.1 Å². The molecule has 2 aromatic heterocycles. The lowest BCUT2D eigenvalue weighted by Crippen LogP contribution is -2.50. The molecule has 0 saturated heterocycles. The van der Waals surface area contributed by atoms with Crippen molar-refractivity contribution in [1.82, 2.24) is 34.9 Å². The van der Waals surface area contributed by atoms with Crippen molar-refractivity contribution in [3.05, 3.63) is 96.0 Å². The largest absolute Gasteiger partial charge is 0.436 e. The monoisotopic (exact) mass is 769 g/mol. The van der Waals surface area contributed by atoms with Crippen molar-refractivity contribution < 1.29 is 41.1 Å². The highest BCUT2D eigenvalue weighted by Crippen LogP contribution is 2.34. The summed E-state index contributed by atoms with van der Waals surface area (Å²) in [5.41, 5.74) is -2.51. The van der Waals surface area contributed by atoms with E-state index in [-0.39, 0.29) is 52.9 Å². The van der Waals surface area contributed by atoms with Gasteiger partial charge in [0.25, 0.3) is 5.91 Å². The molecule has 0 bridgehead atoms. The lowest BCUT2D eigenvalue weighted by molar-refractivity contribution is -0.143. The Morgan fingerprint density at radius 1 is 1.04 bits per heavy atom. The Hall–Kier alpha value is -5.91. The third-order valence-electron chi connectivity index (χ3n) is 8.78. The molecule has 4 aromatic rings. The second-order valence-electron chi connectivity index (χ2n) is 13.2. The predicted molar refractivity (Wildman–Crippen MR) is 193 cm³/mol. The number of ether oxygens (including phenoxy) is 1. The molecule has 3 atom stereocenters. The Morgan fingerprint density at radius 3 is 2.45 bits per heavy atom. The number of hydrogen-bond acceptors (Lipinski definition) is 9. The first-order chi connectivity index (χ1) is 26.1. The topological polar surface area (TPSA) is 147 Å². The number of anilines is 2. The van der Waals surface area contributed by atoms with E-state index in [2.05, 4.69) is 31.0 Å². The number of hydrogen-bond donors (Lipinski definition) is 3. The van der Waals surface area contributed by atoms with E-state index in [1.807, 2.05) is 19.0 Å². The number of carbonyl (C=O) groups excluding carboxylic acids is 3. The van der Waals surface area contributed by atoms with Gasteiger partial charge in [-0.25, -0.2) is 18.4 Å². The first-order valence-corrected chi connectivity index (χ1v) is 17.3. The van der Waals surface area contributed by atoms with Crippen molar-refractivity contribution in [3.8, 4) is 17.3 Å². The minimum Gasteiger partial charge on any atom is -0.436 e. The number of carbonyl (C=O) groups is 3. The van der Waals surface area contributed by atoms with Gasteiger partial charge in [0.1, 0.15) is 11.9 Å². The molecule has 0 radical (unpaired) electrons. The number of nitrogens with one attached hydrogen (secondary N) is 3. The van der Waals surface area contributed by atoms with E-state index >= 15 is 4.39 Å². The zero-order valence-corrected chi connectivity index (χ0v) is 30.4. The standard InChI is InChI=1S/C37H40F5N9O4/c1-22(50(4)32(52)9-6-18-49(2)3)34(53)45-24-7-5-8-25(19-24)47-36-43-17-16-31(48-36)55-30-15-12-26(20-29(30)39)46-35(54)28-21-44-51(33(28)37(40,41)42)27-13-10-23(38)11-14-27/h6,9-17,20-22,24-25H,5,7-8,18-19H2,1-4H3,(H,45,53)(H,46,54)(H,43,47,48)/b9-6+/t22-,24?,25?/m0/s1. The number of halogens is 5. The molecule has 13 nitrogen and oxygen atoms in total. The van der Waals surface area contributed by atoms with Crippen molar-refractivity contribution in [1.29, 1.82) is 0 Å². The Balaban J connectivity index is 1.18. The van der Waals surface area contributed by atoms with E-state index in [0.717, 1.165) is 55.8 Å². The number of alkyl halides is 3. The Kier molecular flexibility index (Phi) is 12.8. The van der Waals surface area contributed by atoms with E-state index in [1.165, 1.54) is 35.4 Å². The fourth-order valence-corrected chi connectivity index (χ4v) is 5.81. The number of amides is 3. The molecule has 55 heavy (non-hydrogen) atoms. The van der Waals surface area contributed by atoms with Crippen LogP contribution in [0.25, 0.3) is 5.69 Å². The summed E-state index contributed by atoms with van der Waals surface area (Å²) in [6, 6.07) is 7.80. The minimum absolute atomic E-state index is 0.0157. The molecular weight excluding hydrogens is 729 g/mol. The Morgan fingerprint density at radius 2 is 1.76 bits per heavy atom. The summed E-state index contributed by atoms with van der Waals surface area (Å²) in [4.78, 5) is 50.3. The second-order valence-corrected chi connectivity index (χ2v) is 13.2. The summed E-state index contributed by atoms with van der Waals surface area (Å²) in [5, 5.41) is 12.2. The fraction of sp³-hybridized carbons (Fsp3) is 0.351. The highest BCUT2D eigenvalue weighted by molar-refractivity contribution is 6.05. The number of likely N-dealkylation sites (N-methyl/N-ethyl adjacent to an activating group) is 2. The molecule has 2 heterocycles. The molecule has 3 N–H and O–H groups in total. The van der Waals surface area contributed by atoms with Gasteiger partial charge in [0.05, 0.1) is 17.4 Å². The van der Waals surface area contributed by atoms with E-state index in [4.69, 9.17) is 4.74 Å². The maximum absolute atomic E-state index is 15.1. The summed E-state index contributed by atoms with van der Waals surface area (Å²) >= 11 is 0. The van der Waals surface area contributed by atoms with E-state index in [0.29, 0.717) is 17.6 Å². The molecule has 1 fully saturated rings. The third kappa shape index (κ3) is 10.6. The summed E-state index contributed by atoms with van der Waals surface area (Å²) in [6.07, 6.45) is 3.18. The molecule has 2 aromatic carbocycles. The maximum Gasteiger partial charge on any atom is 0.434 e. The van der Waals surface area contributed by atoms with Gasteiger partial charge >= 0.3 is 6.18 Å². The van der Waals surface area contributed by atoms with Crippen molar-refractivity contribution in [2.75, 3.05) is 38.3 Å². The van der Waals surface area contributed by atoms with E-state index in [1.54, 1.807) is 20.0 Å². The number of aromatic nitrogens is 4. The smallest absolute Gasteiger partial charge is 0.434 e. The molecule has 1 aliphatic rings. The van der Waals surface area contributed by atoms with Crippen LogP contribution >= 0.6 is 0 Å². The van der Waals surface area contributed by atoms with Crippen LogP contribution in [-0.2, 0) is 15.8 Å². The van der Waals surface area contributed by atoms with Crippen LogP contribution in [0.3, 0.4) is 0 Å². The van der Waals surface area contributed by atoms with E-state index < -0.39 is 41.0 Å². The lowest BCUT2D eigenvalue weighted by Gasteiger charge is -2.32. The van der Waals surface area contributed by atoms with Crippen molar-refractivity contribution in [2.45, 2.75) is 56.9 Å². The molecule has 1 saturated carbocycles. The minimum atomic E-state index is -5.01. The normalized spacial score (nSPS) is 16.5. The Bertz CT molecular complexity index is 2020. The van der Waals surface area contributed by atoms with Gasteiger partial charge in [-0.3, -0.25) is 14.4 Å². The van der Waals surface area contributed by atoms with Crippen molar-refractivity contribution in [2.24, 2.45) is 0 Å². The van der Waals surface area contributed by atoms with Crippen molar-refractivity contribution >= 4 is 29.4 Å². The summed E-state index contributed by atoms with van der Waals surface area (Å²) in [7, 11) is 5.35. The molecule has 2 unspecified atom stereocenters. The summed E-state index contributed by atoms with van der Waals surface area (Å²) in [6.45, 7) is 2.26. The van der Waals surface area contributed by atoms with Gasteiger partial charge in [0.15, 0.2) is 17.3 Å². The summed E-state index contributed by atoms with van der Waals surface area (Å²) in [5.74, 6) is -3.46. The van der Waals surface area contributed by atoms with Gasteiger partial charge in [-0.05, 0) is 83.1 Å². The van der Waals surface area contributed by atoms with Gasteiger partial charge < -0.3 is 30.5 Å². The third-order valence-corrected chi connectivity index (χ3v) is 8.78. The number of rotatable bonds is 13. The van der Waals surface area contributed by atoms with Crippen LogP contribution in [0.5, 0.6) is 11.6 Å². The zero-order valence-electron chi connectivity index (χ0n) is 30.4. The van der Waals surface area contributed by atoms with Crippen LogP contribution < -0.4 is 20.7 Å². The quantitative estimate of drug-likeness (QED) is 0.113. The first-order valence-electron chi connectivity index (χ1n) is 17.3. The molecular formula is C37H40F5N9O4. The molecule has 1 aliphatic carbocycles.